The number of carbonyl (C=O) groups excluding carboxylic acids is 1. The monoisotopic (exact) mass is 590 g/mol. The minimum Gasteiger partial charge on any atom is -0.497 e. The summed E-state index contributed by atoms with van der Waals surface area (Å²) in [6, 6.07) is 18.0. The summed E-state index contributed by atoms with van der Waals surface area (Å²) in [5, 5.41) is 0. The molecular formula is C29H23BrN2O5S. The van der Waals surface area contributed by atoms with Crippen molar-refractivity contribution in [3.8, 4) is 17.1 Å². The van der Waals surface area contributed by atoms with Crippen LogP contribution in [0, 0.1) is 0 Å². The van der Waals surface area contributed by atoms with Crippen LogP contribution < -0.4 is 19.6 Å². The number of carbonyl (C=O) groups is 1. The highest BCUT2D eigenvalue weighted by molar-refractivity contribution is 9.10. The molecular weight excluding hydrogens is 568 g/mol. The first kappa shape index (κ1) is 25.7. The van der Waals surface area contributed by atoms with Crippen LogP contribution in [0.4, 0.5) is 0 Å². The molecule has 0 amide bonds. The van der Waals surface area contributed by atoms with Gasteiger partial charge in [-0.1, -0.05) is 64.2 Å². The van der Waals surface area contributed by atoms with E-state index in [1.54, 1.807) is 32.2 Å². The van der Waals surface area contributed by atoms with Crippen molar-refractivity contribution in [2.75, 3.05) is 13.7 Å². The van der Waals surface area contributed by atoms with E-state index in [-0.39, 0.29) is 12.2 Å². The number of nitrogens with zero attached hydrogens (tertiary/aromatic N) is 2. The van der Waals surface area contributed by atoms with Crippen molar-refractivity contribution in [2.45, 2.75) is 13.0 Å². The van der Waals surface area contributed by atoms with Gasteiger partial charge in [0.15, 0.2) is 4.80 Å². The molecule has 7 nitrogen and oxygen atoms in total. The molecule has 2 aromatic carbocycles. The van der Waals surface area contributed by atoms with Crippen molar-refractivity contribution in [2.24, 2.45) is 4.99 Å². The summed E-state index contributed by atoms with van der Waals surface area (Å²) in [6.45, 7) is 5.41. The second-order valence-corrected chi connectivity index (χ2v) is 10.4. The Kier molecular flexibility index (Phi) is 7.31. The number of halogens is 1. The molecule has 2 aromatic heterocycles. The molecule has 5 rings (SSSR count). The van der Waals surface area contributed by atoms with Gasteiger partial charge in [-0.15, -0.1) is 0 Å². The maximum atomic E-state index is 13.8. The molecule has 0 radical (unpaired) electrons. The number of thiazole rings is 1. The molecule has 3 heterocycles. The Morgan fingerprint density at radius 2 is 2.00 bits per heavy atom. The molecule has 0 saturated heterocycles. The Labute approximate surface area is 230 Å². The maximum Gasteiger partial charge on any atom is 0.338 e. The normalized spacial score (nSPS) is 15.1. The van der Waals surface area contributed by atoms with Gasteiger partial charge in [0.2, 0.25) is 0 Å². The quantitative estimate of drug-likeness (QED) is 0.223. The molecule has 1 aliphatic rings. The molecule has 0 saturated carbocycles. The first-order chi connectivity index (χ1) is 18.4. The van der Waals surface area contributed by atoms with Crippen LogP contribution in [0.1, 0.15) is 24.3 Å². The smallest absolute Gasteiger partial charge is 0.338 e. The first-order valence-corrected chi connectivity index (χ1v) is 13.3. The van der Waals surface area contributed by atoms with E-state index in [1.165, 1.54) is 22.0 Å². The third-order valence-electron chi connectivity index (χ3n) is 6.01. The second kappa shape index (κ2) is 10.8. The van der Waals surface area contributed by atoms with Crippen LogP contribution >= 0.6 is 27.3 Å². The standard InChI is InChI=1S/C29H23BrN2O5S/c1-4-14-36-28(34)25-17(2)31-29-32(26(25)18-8-10-21(35-3)11-9-18)27(33)24(38-29)16-22-12-13-23(37-22)19-6-5-7-20(30)15-19/h4-13,15-16,26H,1,14H2,2-3H3/b24-16-/t26-/m1/s1. The lowest BCUT2D eigenvalue weighted by Gasteiger charge is -2.24. The summed E-state index contributed by atoms with van der Waals surface area (Å²) < 4.78 is 19.6. The lowest BCUT2D eigenvalue weighted by Crippen LogP contribution is -2.39. The van der Waals surface area contributed by atoms with Gasteiger partial charge in [0.05, 0.1) is 29.0 Å². The fourth-order valence-corrected chi connectivity index (χ4v) is 5.68. The lowest BCUT2D eigenvalue weighted by atomic mass is 9.96. The van der Waals surface area contributed by atoms with Crippen LogP contribution in [0.15, 0.2) is 103 Å². The van der Waals surface area contributed by atoms with Gasteiger partial charge in [-0.2, -0.15) is 0 Å². The van der Waals surface area contributed by atoms with E-state index in [9.17, 15) is 9.59 Å². The fraction of sp³-hybridized carbons (Fsp3) is 0.138. The van der Waals surface area contributed by atoms with E-state index in [0.717, 1.165) is 15.6 Å². The van der Waals surface area contributed by atoms with E-state index in [4.69, 9.17) is 13.9 Å². The highest BCUT2D eigenvalue weighted by Crippen LogP contribution is 2.32. The van der Waals surface area contributed by atoms with Crippen molar-refractivity contribution in [1.82, 2.24) is 4.57 Å². The molecule has 0 N–H and O–H groups in total. The van der Waals surface area contributed by atoms with Crippen molar-refractivity contribution in [3.63, 3.8) is 0 Å². The number of rotatable bonds is 7. The van der Waals surface area contributed by atoms with E-state index in [1.807, 2.05) is 48.5 Å². The average Bonchev–Trinajstić information content (AvgIpc) is 3.51. The summed E-state index contributed by atoms with van der Waals surface area (Å²) in [5.41, 5.74) is 2.15. The first-order valence-electron chi connectivity index (χ1n) is 11.7. The van der Waals surface area contributed by atoms with Gasteiger partial charge in [-0.25, -0.2) is 9.79 Å². The second-order valence-electron chi connectivity index (χ2n) is 8.45. The minimum atomic E-state index is -0.717. The van der Waals surface area contributed by atoms with E-state index in [0.29, 0.717) is 37.9 Å². The van der Waals surface area contributed by atoms with E-state index in [2.05, 4.69) is 27.5 Å². The Morgan fingerprint density at radius 3 is 2.71 bits per heavy atom. The zero-order chi connectivity index (χ0) is 26.8. The number of benzene rings is 2. The van der Waals surface area contributed by atoms with Gasteiger partial charge in [-0.3, -0.25) is 9.36 Å². The van der Waals surface area contributed by atoms with Crippen molar-refractivity contribution in [1.29, 1.82) is 0 Å². The number of furan rings is 1. The van der Waals surface area contributed by atoms with Crippen LogP contribution in [-0.4, -0.2) is 24.3 Å². The summed E-state index contributed by atoms with van der Waals surface area (Å²) in [4.78, 5) is 31.9. The van der Waals surface area contributed by atoms with Crippen molar-refractivity contribution >= 4 is 39.3 Å². The van der Waals surface area contributed by atoms with Crippen molar-refractivity contribution in [3.05, 3.63) is 120 Å². The van der Waals surface area contributed by atoms with Crippen LogP contribution in [0.2, 0.25) is 0 Å². The molecule has 0 fully saturated rings. The van der Waals surface area contributed by atoms with Crippen LogP contribution in [-0.2, 0) is 9.53 Å². The summed E-state index contributed by atoms with van der Waals surface area (Å²) >= 11 is 4.72. The Bertz CT molecular complexity index is 1740. The Balaban J connectivity index is 1.62. The SMILES string of the molecule is C=CCOC(=O)C1=C(C)N=c2s/c(=C\c3ccc(-c4cccc(Br)c4)o3)c(=O)n2[C@@H]1c1ccc(OC)cc1. The highest BCUT2D eigenvalue weighted by Gasteiger charge is 2.33. The number of hydrogen-bond acceptors (Lipinski definition) is 7. The fourth-order valence-electron chi connectivity index (χ4n) is 4.25. The van der Waals surface area contributed by atoms with Gasteiger partial charge in [-0.05, 0) is 48.9 Å². The number of methoxy groups -OCH3 is 1. The zero-order valence-electron chi connectivity index (χ0n) is 20.6. The van der Waals surface area contributed by atoms with E-state index >= 15 is 0 Å². The average molecular weight is 591 g/mol. The maximum absolute atomic E-state index is 13.8. The highest BCUT2D eigenvalue weighted by atomic mass is 79.9. The number of hydrogen-bond donors (Lipinski definition) is 0. The topological polar surface area (TPSA) is 83.0 Å². The Morgan fingerprint density at radius 1 is 1.21 bits per heavy atom. The van der Waals surface area contributed by atoms with Crippen LogP contribution in [0.3, 0.4) is 0 Å². The van der Waals surface area contributed by atoms with Gasteiger partial charge in [0, 0.05) is 16.1 Å². The molecule has 0 spiro atoms. The molecule has 38 heavy (non-hydrogen) atoms. The summed E-state index contributed by atoms with van der Waals surface area (Å²) in [7, 11) is 1.58. The van der Waals surface area contributed by atoms with Gasteiger partial charge < -0.3 is 13.9 Å². The summed E-state index contributed by atoms with van der Waals surface area (Å²) in [5.74, 6) is 1.33. The molecule has 0 unspecified atom stereocenters. The number of aromatic nitrogens is 1. The number of fused-ring (bicyclic) bond motifs is 1. The molecule has 9 heteroatoms. The Hall–Kier alpha value is -3.95. The third kappa shape index (κ3) is 4.94. The number of ether oxygens (including phenoxy) is 2. The molecule has 192 valence electrons. The number of esters is 1. The third-order valence-corrected chi connectivity index (χ3v) is 7.49. The van der Waals surface area contributed by atoms with Crippen LogP contribution in [0.25, 0.3) is 17.4 Å². The van der Waals surface area contributed by atoms with Crippen LogP contribution in [0.5, 0.6) is 5.75 Å². The predicted octanol–water partition coefficient (Wildman–Crippen LogP) is 5.00. The van der Waals surface area contributed by atoms with E-state index < -0.39 is 12.0 Å². The summed E-state index contributed by atoms with van der Waals surface area (Å²) in [6.07, 6.45) is 3.20. The van der Waals surface area contributed by atoms with Gasteiger partial charge >= 0.3 is 5.97 Å². The molecule has 1 aliphatic heterocycles. The van der Waals surface area contributed by atoms with Gasteiger partial charge in [0.25, 0.3) is 5.56 Å². The zero-order valence-corrected chi connectivity index (χ0v) is 23.0. The predicted molar refractivity (Wildman–Crippen MR) is 150 cm³/mol. The molecule has 4 aromatic rings. The number of allylic oxidation sites excluding steroid dienone is 1. The van der Waals surface area contributed by atoms with Crippen molar-refractivity contribution < 1.29 is 18.7 Å². The lowest BCUT2D eigenvalue weighted by molar-refractivity contribution is -0.138. The largest absolute Gasteiger partial charge is 0.497 e. The molecule has 1 atom stereocenters. The minimum absolute atomic E-state index is 0.0498. The van der Waals surface area contributed by atoms with Gasteiger partial charge in [0.1, 0.15) is 23.9 Å². The molecule has 0 aliphatic carbocycles. The molecule has 0 bridgehead atoms.